The molecule has 0 radical (unpaired) electrons. The van der Waals surface area contributed by atoms with Gasteiger partial charge in [-0.1, -0.05) is 0 Å². The minimum Gasteiger partial charge on any atom is -0.481 e. The molecule has 5 nitrogen and oxygen atoms in total. The number of carboxylic acids is 1. The van der Waals surface area contributed by atoms with E-state index >= 15 is 0 Å². The van der Waals surface area contributed by atoms with Crippen LogP contribution in [0, 0.1) is 11.8 Å². The van der Waals surface area contributed by atoms with E-state index in [0.29, 0.717) is 31.7 Å². The van der Waals surface area contributed by atoms with Gasteiger partial charge in [-0.15, -0.1) is 0 Å². The van der Waals surface area contributed by atoms with Crippen LogP contribution in [-0.4, -0.2) is 47.6 Å². The maximum atomic E-state index is 12.3. The first-order chi connectivity index (χ1) is 9.58. The summed E-state index contributed by atoms with van der Waals surface area (Å²) in [5.74, 6) is -0.121. The molecule has 1 amide bonds. The van der Waals surface area contributed by atoms with Crippen molar-refractivity contribution in [2.45, 2.75) is 51.5 Å². The fourth-order valence-corrected chi connectivity index (χ4v) is 3.41. The van der Waals surface area contributed by atoms with Gasteiger partial charge in [-0.3, -0.25) is 9.59 Å². The number of carbonyl (C=O) groups is 2. The van der Waals surface area contributed by atoms with Crippen molar-refractivity contribution >= 4 is 11.9 Å². The number of amides is 1. The van der Waals surface area contributed by atoms with Gasteiger partial charge in [0.1, 0.15) is 0 Å². The fourth-order valence-electron chi connectivity index (χ4n) is 3.41. The second kappa shape index (κ2) is 7.07. The van der Waals surface area contributed by atoms with E-state index in [4.69, 9.17) is 5.11 Å². The number of carbonyl (C=O) groups excluding carboxylic acids is 1. The second-order valence-corrected chi connectivity index (χ2v) is 6.23. The average Bonchev–Trinajstić information content (AvgIpc) is 2.45. The third-order valence-corrected chi connectivity index (χ3v) is 4.77. The molecular weight excluding hydrogens is 256 g/mol. The number of piperidine rings is 2. The lowest BCUT2D eigenvalue weighted by molar-refractivity contribution is -0.147. The van der Waals surface area contributed by atoms with Crippen LogP contribution in [0.5, 0.6) is 0 Å². The Kier molecular flexibility index (Phi) is 5.40. The average molecular weight is 282 g/mol. The van der Waals surface area contributed by atoms with Crippen molar-refractivity contribution in [2.24, 2.45) is 11.8 Å². The lowest BCUT2D eigenvalue weighted by atomic mass is 9.90. The summed E-state index contributed by atoms with van der Waals surface area (Å²) in [6, 6.07) is 0.0605. The zero-order valence-corrected chi connectivity index (χ0v) is 12.3. The van der Waals surface area contributed by atoms with Crippen molar-refractivity contribution in [3.8, 4) is 0 Å². The van der Waals surface area contributed by atoms with Gasteiger partial charge in [0.2, 0.25) is 5.91 Å². The molecule has 2 fully saturated rings. The quantitative estimate of drug-likeness (QED) is 0.819. The summed E-state index contributed by atoms with van der Waals surface area (Å²) in [6.07, 6.45) is 5.12. The molecule has 20 heavy (non-hydrogen) atoms. The fraction of sp³-hybridized carbons (Fsp3) is 0.867. The van der Waals surface area contributed by atoms with Crippen molar-refractivity contribution in [3.63, 3.8) is 0 Å². The van der Waals surface area contributed by atoms with E-state index < -0.39 is 5.97 Å². The molecule has 2 aliphatic rings. The Morgan fingerprint density at radius 3 is 2.55 bits per heavy atom. The van der Waals surface area contributed by atoms with Crippen LogP contribution in [-0.2, 0) is 9.59 Å². The zero-order valence-electron chi connectivity index (χ0n) is 12.3. The molecule has 0 saturated carbocycles. The van der Waals surface area contributed by atoms with Gasteiger partial charge in [0.05, 0.1) is 5.92 Å². The first kappa shape index (κ1) is 15.3. The molecule has 0 aromatic rings. The minimum atomic E-state index is -0.723. The number of rotatable bonds is 4. The molecular formula is C15H26N2O3. The minimum absolute atomic E-state index is 0.0605. The largest absolute Gasteiger partial charge is 0.481 e. The highest BCUT2D eigenvalue weighted by Crippen LogP contribution is 2.25. The van der Waals surface area contributed by atoms with E-state index in [1.54, 1.807) is 0 Å². The zero-order chi connectivity index (χ0) is 14.5. The van der Waals surface area contributed by atoms with Gasteiger partial charge >= 0.3 is 5.97 Å². The van der Waals surface area contributed by atoms with Crippen LogP contribution in [0.15, 0.2) is 0 Å². The summed E-state index contributed by atoms with van der Waals surface area (Å²) in [7, 11) is 0. The number of nitrogens with one attached hydrogen (secondary N) is 1. The Morgan fingerprint density at radius 2 is 1.95 bits per heavy atom. The van der Waals surface area contributed by atoms with Gasteiger partial charge in [-0.25, -0.2) is 0 Å². The molecule has 0 aromatic heterocycles. The number of likely N-dealkylation sites (tertiary alicyclic amines) is 1. The molecule has 2 aliphatic heterocycles. The number of hydrogen-bond donors (Lipinski definition) is 2. The van der Waals surface area contributed by atoms with Crippen molar-refractivity contribution in [2.75, 3.05) is 19.6 Å². The van der Waals surface area contributed by atoms with E-state index in [2.05, 4.69) is 5.32 Å². The summed E-state index contributed by atoms with van der Waals surface area (Å²) in [5, 5.41) is 12.4. The molecule has 5 heteroatoms. The maximum absolute atomic E-state index is 12.3. The molecule has 0 aliphatic carbocycles. The molecule has 2 atom stereocenters. The van der Waals surface area contributed by atoms with E-state index in [0.717, 1.165) is 19.5 Å². The normalized spacial score (nSPS) is 28.4. The predicted octanol–water partition coefficient (Wildman–Crippen LogP) is 1.48. The van der Waals surface area contributed by atoms with Crippen molar-refractivity contribution < 1.29 is 14.7 Å². The molecule has 0 spiro atoms. The molecule has 2 heterocycles. The summed E-state index contributed by atoms with van der Waals surface area (Å²) < 4.78 is 0. The molecule has 114 valence electrons. The third-order valence-electron chi connectivity index (χ3n) is 4.77. The molecule has 2 N–H and O–H groups in total. The van der Waals surface area contributed by atoms with Crippen molar-refractivity contribution in [1.82, 2.24) is 10.2 Å². The van der Waals surface area contributed by atoms with Crippen LogP contribution >= 0.6 is 0 Å². The van der Waals surface area contributed by atoms with Gasteiger partial charge in [-0.05, 0) is 58.0 Å². The Labute approximate surface area is 120 Å². The lowest BCUT2D eigenvalue weighted by Crippen LogP contribution is -2.46. The van der Waals surface area contributed by atoms with Crippen molar-refractivity contribution in [3.05, 3.63) is 0 Å². The number of carboxylic acid groups (broad SMARTS) is 1. The topological polar surface area (TPSA) is 69.6 Å². The van der Waals surface area contributed by atoms with Gasteiger partial charge < -0.3 is 15.3 Å². The van der Waals surface area contributed by atoms with Crippen LogP contribution in [0.25, 0.3) is 0 Å². The van der Waals surface area contributed by atoms with Gasteiger partial charge in [0.25, 0.3) is 0 Å². The maximum Gasteiger partial charge on any atom is 0.306 e. The van der Waals surface area contributed by atoms with E-state index in [-0.39, 0.29) is 17.9 Å². The summed E-state index contributed by atoms with van der Waals surface area (Å²) >= 11 is 0. The lowest BCUT2D eigenvalue weighted by Gasteiger charge is -2.36. The molecule has 2 saturated heterocycles. The Hall–Kier alpha value is -1.10. The summed E-state index contributed by atoms with van der Waals surface area (Å²) in [6.45, 7) is 4.71. The Balaban J connectivity index is 1.76. The smallest absolute Gasteiger partial charge is 0.306 e. The van der Waals surface area contributed by atoms with Crippen molar-refractivity contribution in [1.29, 1.82) is 0 Å². The Bertz CT molecular complexity index is 353. The number of nitrogens with zero attached hydrogens (tertiary/aromatic N) is 1. The summed E-state index contributed by atoms with van der Waals surface area (Å²) in [5.41, 5.74) is 0. The standard InChI is InChI=1S/C15H26N2O3/c1-11-10-13(15(19)20)6-9-17(11)14(18)3-2-12-4-7-16-8-5-12/h11-13,16H,2-10H2,1H3,(H,19,20). The van der Waals surface area contributed by atoms with Crippen LogP contribution in [0.2, 0.25) is 0 Å². The first-order valence-electron chi connectivity index (χ1n) is 7.81. The molecule has 2 unspecified atom stereocenters. The van der Waals surface area contributed by atoms with E-state index in [1.165, 1.54) is 12.8 Å². The van der Waals surface area contributed by atoms with Crippen LogP contribution in [0.4, 0.5) is 0 Å². The predicted molar refractivity (Wildman–Crippen MR) is 76.4 cm³/mol. The highest BCUT2D eigenvalue weighted by Gasteiger charge is 2.32. The SMILES string of the molecule is CC1CC(C(=O)O)CCN1C(=O)CCC1CCNCC1. The Morgan fingerprint density at radius 1 is 1.25 bits per heavy atom. The third kappa shape index (κ3) is 3.95. The van der Waals surface area contributed by atoms with Gasteiger partial charge in [-0.2, -0.15) is 0 Å². The van der Waals surface area contributed by atoms with Gasteiger partial charge in [0, 0.05) is 19.0 Å². The monoisotopic (exact) mass is 282 g/mol. The molecule has 0 bridgehead atoms. The first-order valence-corrected chi connectivity index (χ1v) is 7.81. The summed E-state index contributed by atoms with van der Waals surface area (Å²) in [4.78, 5) is 25.2. The van der Waals surface area contributed by atoms with Crippen LogP contribution in [0.1, 0.15) is 45.4 Å². The number of hydrogen-bond acceptors (Lipinski definition) is 3. The van der Waals surface area contributed by atoms with E-state index in [1.807, 2.05) is 11.8 Å². The highest BCUT2D eigenvalue weighted by molar-refractivity contribution is 5.77. The second-order valence-electron chi connectivity index (χ2n) is 6.23. The highest BCUT2D eigenvalue weighted by atomic mass is 16.4. The molecule has 2 rings (SSSR count). The van der Waals surface area contributed by atoms with E-state index in [9.17, 15) is 9.59 Å². The van der Waals surface area contributed by atoms with Crippen LogP contribution < -0.4 is 5.32 Å². The molecule has 0 aromatic carbocycles. The van der Waals surface area contributed by atoms with Gasteiger partial charge in [0.15, 0.2) is 0 Å². The van der Waals surface area contributed by atoms with Crippen LogP contribution in [0.3, 0.4) is 0 Å². The number of aliphatic carboxylic acids is 1.